The van der Waals surface area contributed by atoms with Gasteiger partial charge in [0.15, 0.2) is 17.9 Å². The molecule has 250 valence electrons. The summed E-state index contributed by atoms with van der Waals surface area (Å²) in [5.74, 6) is -7.81. The minimum absolute atomic E-state index is 0.0397. The lowest BCUT2D eigenvalue weighted by Gasteiger charge is -2.42. The third-order valence-corrected chi connectivity index (χ3v) is 7.94. The maximum Gasteiger partial charge on any atom is 0.490 e. The average molecular weight is 662 g/mol. The number of aliphatic carboxylic acids is 1. The van der Waals surface area contributed by atoms with Gasteiger partial charge in [-0.3, -0.25) is 14.4 Å². The number of methoxy groups -OCH3 is 1. The lowest BCUT2D eigenvalue weighted by atomic mass is 9.72. The maximum atomic E-state index is 13.8. The number of nitrogens with two attached hydrogens (primary N) is 1. The van der Waals surface area contributed by atoms with E-state index in [1.807, 2.05) is 0 Å². The molecule has 1 saturated heterocycles. The molecule has 0 unspecified atom stereocenters. The Hall–Kier alpha value is -4.13. The molecule has 2 aromatic rings. The number of phenols is 2. The van der Waals surface area contributed by atoms with Gasteiger partial charge in [-0.2, -0.15) is 13.2 Å². The van der Waals surface area contributed by atoms with Crippen molar-refractivity contribution >= 4 is 23.3 Å². The predicted octanol–water partition coefficient (Wildman–Crippen LogP) is 0.635. The SMILES string of the molecule is O=C(O)C(F)(F)F.[2H][13C]([2H])([2H])Oc1cccc2c1C(=O)c1c(O)c3c(c(O)c1C2=O)C[C@@](O)(C(=O)CO)C[C@@H]3O[C@H]1C[C@H](N)[C@@H](O)[C@H](C)O1. The van der Waals surface area contributed by atoms with Gasteiger partial charge in [-0.1, -0.05) is 12.1 Å². The number of hydrogen-bond acceptors (Lipinski definition) is 13. The highest BCUT2D eigenvalue weighted by molar-refractivity contribution is 6.31. The lowest BCUT2D eigenvalue weighted by molar-refractivity contribution is -0.247. The molecule has 0 amide bonds. The number of alkyl halides is 3. The van der Waals surface area contributed by atoms with E-state index in [9.17, 15) is 53.1 Å². The molecule has 14 nitrogen and oxygen atoms in total. The van der Waals surface area contributed by atoms with Crippen molar-refractivity contribution in [3.8, 4) is 17.2 Å². The zero-order chi connectivity index (χ0) is 37.0. The molecule has 17 heteroatoms. The van der Waals surface area contributed by atoms with Gasteiger partial charge in [0.1, 0.15) is 29.5 Å². The first kappa shape index (κ1) is 30.5. The quantitative estimate of drug-likeness (QED) is 0.147. The van der Waals surface area contributed by atoms with Crippen LogP contribution in [-0.2, 0) is 25.5 Å². The Bertz CT molecular complexity index is 1690. The third kappa shape index (κ3) is 6.04. The number of carbonyl (C=O) groups excluding carboxylic acids is 3. The largest absolute Gasteiger partial charge is 0.507 e. The highest BCUT2D eigenvalue weighted by atomic mass is 19.4. The van der Waals surface area contributed by atoms with E-state index in [0.29, 0.717) is 0 Å². The molecule has 0 aromatic heterocycles. The van der Waals surface area contributed by atoms with Gasteiger partial charge in [-0.05, 0) is 13.0 Å². The topological polar surface area (TPSA) is 243 Å². The van der Waals surface area contributed by atoms with Crippen LogP contribution in [0.5, 0.6) is 17.2 Å². The fraction of sp³-hybridized carbons (Fsp3) is 0.448. The van der Waals surface area contributed by atoms with Crippen LogP contribution in [0.4, 0.5) is 13.2 Å². The molecule has 3 aliphatic rings. The second-order valence-electron chi connectivity index (χ2n) is 10.9. The van der Waals surface area contributed by atoms with Crippen LogP contribution in [0.25, 0.3) is 0 Å². The maximum absolute atomic E-state index is 13.8. The van der Waals surface area contributed by atoms with Gasteiger partial charge in [0.2, 0.25) is 5.78 Å². The number of carboxylic acid groups (broad SMARTS) is 1. The number of aliphatic hydroxyl groups is 3. The first-order valence-corrected chi connectivity index (χ1v) is 13.5. The molecule has 1 heterocycles. The van der Waals surface area contributed by atoms with E-state index in [0.717, 1.165) is 0 Å². The number of fused-ring (bicyclic) bond motifs is 3. The molecule has 8 N–H and O–H groups in total. The van der Waals surface area contributed by atoms with Gasteiger partial charge in [0, 0.05) is 42.0 Å². The minimum Gasteiger partial charge on any atom is -0.507 e. The Labute approximate surface area is 261 Å². The number of aliphatic hydroxyl groups excluding tert-OH is 2. The van der Waals surface area contributed by atoms with Crippen LogP contribution in [-0.4, -0.2) is 104 Å². The molecule has 1 aliphatic heterocycles. The standard InChI is InChI=1S/C27H29NO11.C2HF3O2/c1-10-22(31)13(28)6-17(38-10)39-15-8-27(36,16(30)9-29)7-12-19(15)26(35)21-20(24(12)33)23(32)11-4-3-5-14(37-2)18(11)25(21)34;3-2(4,5)1(6)7/h3-5,10,13,15,17,22,29,31,33,35-36H,6-9,28H2,1-2H3;(H,6,7)/t10-,13-,15-,17-,22-,27-;/m0./s1/i2+1D3;. The number of aromatic hydroxyl groups is 2. The van der Waals surface area contributed by atoms with Crippen molar-refractivity contribution in [2.24, 2.45) is 5.73 Å². The van der Waals surface area contributed by atoms with Gasteiger partial charge in [0.05, 0.1) is 46.2 Å². The second-order valence-corrected chi connectivity index (χ2v) is 10.9. The number of benzene rings is 2. The van der Waals surface area contributed by atoms with Crippen molar-refractivity contribution in [3.63, 3.8) is 0 Å². The summed E-state index contributed by atoms with van der Waals surface area (Å²) in [5.41, 5.74) is 1.16. The summed E-state index contributed by atoms with van der Waals surface area (Å²) < 4.78 is 70.7. The Morgan fingerprint density at radius 2 is 1.78 bits per heavy atom. The highest BCUT2D eigenvalue weighted by Gasteiger charge is 2.50. The van der Waals surface area contributed by atoms with Crippen LogP contribution < -0.4 is 10.5 Å². The monoisotopic (exact) mass is 661 g/mol. The summed E-state index contributed by atoms with van der Waals surface area (Å²) in [6.45, 7) is 0.474. The van der Waals surface area contributed by atoms with E-state index < -0.39 is 126 Å². The van der Waals surface area contributed by atoms with Crippen molar-refractivity contribution in [2.75, 3.05) is 13.6 Å². The number of phenolic OH excluding ortho intramolecular Hbond substituents is 2. The van der Waals surface area contributed by atoms with Crippen molar-refractivity contribution < 1.29 is 81.3 Å². The summed E-state index contributed by atoms with van der Waals surface area (Å²) in [6.07, 6.45) is -10.7. The molecule has 0 spiro atoms. The number of halogens is 3. The van der Waals surface area contributed by atoms with Crippen molar-refractivity contribution in [3.05, 3.63) is 51.6 Å². The van der Waals surface area contributed by atoms with E-state index in [1.54, 1.807) is 6.92 Å². The molecular weight excluding hydrogens is 628 g/mol. The molecule has 1 fully saturated rings. The number of rotatable bonds is 5. The molecule has 5 rings (SSSR count). The lowest BCUT2D eigenvalue weighted by Crippen LogP contribution is -2.53. The second kappa shape index (κ2) is 12.6. The zero-order valence-corrected chi connectivity index (χ0v) is 23.7. The fourth-order valence-corrected chi connectivity index (χ4v) is 5.67. The summed E-state index contributed by atoms with van der Waals surface area (Å²) in [4.78, 5) is 48.9. The van der Waals surface area contributed by atoms with Gasteiger partial charge < -0.3 is 50.6 Å². The fourth-order valence-electron chi connectivity index (χ4n) is 5.67. The van der Waals surface area contributed by atoms with Crippen LogP contribution >= 0.6 is 0 Å². The number of ketones is 3. The molecule has 2 aromatic carbocycles. The summed E-state index contributed by atoms with van der Waals surface area (Å²) in [5, 5.41) is 61.0. The zero-order valence-electron chi connectivity index (χ0n) is 26.7. The van der Waals surface area contributed by atoms with Crippen LogP contribution in [0.1, 0.15) is 73.0 Å². The third-order valence-electron chi connectivity index (χ3n) is 7.94. The summed E-state index contributed by atoms with van der Waals surface area (Å²) in [7, 11) is -2.98. The summed E-state index contributed by atoms with van der Waals surface area (Å²) in [6, 6.07) is 2.89. The normalized spacial score (nSPS) is 28.3. The van der Waals surface area contributed by atoms with Crippen LogP contribution in [0.2, 0.25) is 0 Å². The molecule has 2 aliphatic carbocycles. The Kier molecular flexibility index (Phi) is 8.35. The van der Waals surface area contributed by atoms with Crippen molar-refractivity contribution in [1.82, 2.24) is 0 Å². The highest BCUT2D eigenvalue weighted by Crippen LogP contribution is 2.52. The van der Waals surface area contributed by atoms with E-state index >= 15 is 0 Å². The van der Waals surface area contributed by atoms with E-state index in [1.165, 1.54) is 18.2 Å². The van der Waals surface area contributed by atoms with Crippen molar-refractivity contribution in [2.45, 2.75) is 68.6 Å². The first-order chi connectivity index (χ1) is 22.5. The van der Waals surface area contributed by atoms with Gasteiger partial charge >= 0.3 is 12.1 Å². The van der Waals surface area contributed by atoms with Gasteiger partial charge in [0.25, 0.3) is 0 Å². The number of Topliss-reactive ketones (excluding diaryl/α,β-unsaturated/α-hetero) is 1. The molecule has 46 heavy (non-hydrogen) atoms. The van der Waals surface area contributed by atoms with Gasteiger partial charge in [-0.15, -0.1) is 0 Å². The number of carboxylic acids is 1. The summed E-state index contributed by atoms with van der Waals surface area (Å²) >= 11 is 0. The van der Waals surface area contributed by atoms with Crippen LogP contribution in [0.3, 0.4) is 0 Å². The Balaban J connectivity index is 0.000000698. The predicted molar refractivity (Wildman–Crippen MR) is 145 cm³/mol. The van der Waals surface area contributed by atoms with Crippen LogP contribution in [0.15, 0.2) is 18.2 Å². The molecule has 0 bridgehead atoms. The molecule has 0 saturated carbocycles. The number of carbonyl (C=O) groups is 4. The number of hydrogen-bond donors (Lipinski definition) is 7. The van der Waals surface area contributed by atoms with Crippen LogP contribution in [0, 0.1) is 0 Å². The van der Waals surface area contributed by atoms with Crippen molar-refractivity contribution in [1.29, 1.82) is 0 Å². The average Bonchev–Trinajstić information content (AvgIpc) is 2.98. The van der Waals surface area contributed by atoms with E-state index in [2.05, 4.69) is 0 Å². The molecule has 0 radical (unpaired) electrons. The number of ether oxygens (including phenoxy) is 3. The Morgan fingerprint density at radius 1 is 1.15 bits per heavy atom. The minimum atomic E-state index is -5.08. The first-order valence-electron chi connectivity index (χ1n) is 15.0. The smallest absolute Gasteiger partial charge is 0.490 e. The molecular formula is C29H30F3NO13. The van der Waals surface area contributed by atoms with E-state index in [-0.39, 0.29) is 23.1 Å². The Morgan fingerprint density at radius 3 is 2.35 bits per heavy atom. The van der Waals surface area contributed by atoms with E-state index in [4.69, 9.17) is 34.0 Å². The van der Waals surface area contributed by atoms with Gasteiger partial charge in [-0.25, -0.2) is 4.79 Å². The molecule has 6 atom stereocenters.